The van der Waals surface area contributed by atoms with Crippen LogP contribution < -0.4 is 4.90 Å². The molecule has 0 saturated heterocycles. The van der Waals surface area contributed by atoms with Gasteiger partial charge in [-0.25, -0.2) is 0 Å². The highest BCUT2D eigenvalue weighted by Crippen LogP contribution is 2.45. The molecule has 0 bridgehead atoms. The van der Waals surface area contributed by atoms with E-state index < -0.39 is 0 Å². The van der Waals surface area contributed by atoms with Gasteiger partial charge in [0, 0.05) is 53.4 Å². The van der Waals surface area contributed by atoms with Crippen molar-refractivity contribution >= 4 is 81.3 Å². The van der Waals surface area contributed by atoms with E-state index in [1.165, 1.54) is 47.6 Å². The molecule has 11 aromatic rings. The first-order valence-electron chi connectivity index (χ1n) is 18.7. The Morgan fingerprint density at radius 3 is 1.89 bits per heavy atom. The molecule has 0 saturated carbocycles. The fourth-order valence-electron chi connectivity index (χ4n) is 8.21. The van der Waals surface area contributed by atoms with Crippen LogP contribution in [0.2, 0.25) is 0 Å². The molecule has 258 valence electrons. The lowest BCUT2D eigenvalue weighted by Crippen LogP contribution is -2.11. The molecular formula is C52H33NOS. The molecule has 0 aliphatic rings. The summed E-state index contributed by atoms with van der Waals surface area (Å²) in [6.07, 6.45) is 0. The van der Waals surface area contributed by atoms with Crippen LogP contribution in [0.1, 0.15) is 0 Å². The smallest absolute Gasteiger partial charge is 0.143 e. The lowest BCUT2D eigenvalue weighted by atomic mass is 9.97. The third-order valence-electron chi connectivity index (χ3n) is 10.8. The Labute approximate surface area is 322 Å². The molecule has 2 nitrogen and oxygen atoms in total. The predicted molar refractivity (Wildman–Crippen MR) is 235 cm³/mol. The van der Waals surface area contributed by atoms with Gasteiger partial charge in [-0.1, -0.05) is 140 Å². The van der Waals surface area contributed by atoms with E-state index in [0.717, 1.165) is 55.7 Å². The fraction of sp³-hybridized carbons (Fsp3) is 0. The molecule has 0 unspecified atom stereocenters. The largest absolute Gasteiger partial charge is 0.455 e. The maximum Gasteiger partial charge on any atom is 0.143 e. The number of rotatable bonds is 6. The van der Waals surface area contributed by atoms with Crippen LogP contribution in [0, 0.1) is 0 Å². The minimum absolute atomic E-state index is 0.900. The van der Waals surface area contributed by atoms with Gasteiger partial charge in [-0.05, 0) is 93.7 Å². The molecule has 3 heteroatoms. The van der Waals surface area contributed by atoms with Gasteiger partial charge >= 0.3 is 0 Å². The van der Waals surface area contributed by atoms with Crippen molar-refractivity contribution in [2.24, 2.45) is 0 Å². The maximum atomic E-state index is 6.52. The first-order chi connectivity index (χ1) is 27.2. The van der Waals surface area contributed by atoms with Crippen LogP contribution in [0.4, 0.5) is 17.1 Å². The van der Waals surface area contributed by atoms with Crippen molar-refractivity contribution in [2.75, 3.05) is 4.90 Å². The van der Waals surface area contributed by atoms with Gasteiger partial charge < -0.3 is 9.32 Å². The lowest BCUT2D eigenvalue weighted by molar-refractivity contribution is 0.670. The minimum Gasteiger partial charge on any atom is -0.455 e. The second kappa shape index (κ2) is 12.9. The summed E-state index contributed by atoms with van der Waals surface area (Å²) < 4.78 is 9.15. The normalized spacial score (nSPS) is 11.6. The van der Waals surface area contributed by atoms with Gasteiger partial charge in [0.1, 0.15) is 11.2 Å². The predicted octanol–water partition coefficient (Wildman–Crippen LogP) is 15.6. The van der Waals surface area contributed by atoms with Crippen molar-refractivity contribution in [3.8, 4) is 33.4 Å². The SMILES string of the molecule is c1cc(-c2ccc3sc4ccccc4c3c2)cc(N(c2cccc(-c3cccc4c3oc3ccccc34)c2)c2ccccc2-c2ccc3ccccc3c2)c1. The van der Waals surface area contributed by atoms with Gasteiger partial charge in [0.05, 0.1) is 5.69 Å². The molecule has 0 amide bonds. The highest BCUT2D eigenvalue weighted by molar-refractivity contribution is 7.25. The number of hydrogen-bond donors (Lipinski definition) is 0. The van der Waals surface area contributed by atoms with Gasteiger partial charge in [-0.3, -0.25) is 0 Å². The standard InChI is InChI=1S/C52H33NOS/c1-2-13-35-30-39(27-26-34(35)12-1)42-18-3-6-23-48(42)53(40-16-9-14-36(31-40)37-28-29-51-47(33-37)45-20-5-8-25-50(45)55-51)41-17-10-15-38(32-41)43-21-11-22-46-44-19-4-7-24-49(44)54-52(43)46/h1-33H. The summed E-state index contributed by atoms with van der Waals surface area (Å²) in [6.45, 7) is 0. The van der Waals surface area contributed by atoms with Crippen LogP contribution in [0.5, 0.6) is 0 Å². The van der Waals surface area contributed by atoms with Crippen LogP contribution in [0.3, 0.4) is 0 Å². The summed E-state index contributed by atoms with van der Waals surface area (Å²) in [5.41, 5.74) is 11.9. The van der Waals surface area contributed by atoms with Crippen LogP contribution in [-0.4, -0.2) is 0 Å². The number of nitrogens with zero attached hydrogens (tertiary/aromatic N) is 1. The molecule has 0 atom stereocenters. The van der Waals surface area contributed by atoms with E-state index in [9.17, 15) is 0 Å². The average Bonchev–Trinajstić information content (AvgIpc) is 3.82. The van der Waals surface area contributed by atoms with Gasteiger partial charge in [0.15, 0.2) is 0 Å². The second-order valence-electron chi connectivity index (χ2n) is 14.1. The van der Waals surface area contributed by atoms with Crippen LogP contribution in [0.15, 0.2) is 205 Å². The third-order valence-corrected chi connectivity index (χ3v) is 12.0. The number of hydrogen-bond acceptors (Lipinski definition) is 3. The fourth-order valence-corrected chi connectivity index (χ4v) is 9.30. The van der Waals surface area contributed by atoms with E-state index in [1.54, 1.807) is 0 Å². The molecule has 55 heavy (non-hydrogen) atoms. The molecule has 0 fully saturated rings. The zero-order valence-electron chi connectivity index (χ0n) is 29.8. The highest BCUT2D eigenvalue weighted by Gasteiger charge is 2.20. The third kappa shape index (κ3) is 5.40. The monoisotopic (exact) mass is 719 g/mol. The van der Waals surface area contributed by atoms with E-state index >= 15 is 0 Å². The van der Waals surface area contributed by atoms with Gasteiger partial charge in [-0.2, -0.15) is 0 Å². The van der Waals surface area contributed by atoms with Crippen molar-refractivity contribution < 1.29 is 4.42 Å². The number of benzene rings is 9. The van der Waals surface area contributed by atoms with Gasteiger partial charge in [-0.15, -0.1) is 11.3 Å². The Balaban J connectivity index is 1.11. The average molecular weight is 720 g/mol. The Morgan fingerprint density at radius 2 is 0.982 bits per heavy atom. The van der Waals surface area contributed by atoms with Crippen LogP contribution in [-0.2, 0) is 0 Å². The van der Waals surface area contributed by atoms with Gasteiger partial charge in [0.2, 0.25) is 0 Å². The van der Waals surface area contributed by atoms with Crippen molar-refractivity contribution in [3.63, 3.8) is 0 Å². The van der Waals surface area contributed by atoms with Crippen LogP contribution >= 0.6 is 11.3 Å². The summed E-state index contributed by atoms with van der Waals surface area (Å²) >= 11 is 1.85. The highest BCUT2D eigenvalue weighted by atomic mass is 32.1. The quantitative estimate of drug-likeness (QED) is 0.170. The summed E-state index contributed by atoms with van der Waals surface area (Å²) in [6, 6.07) is 72.3. The Kier molecular flexibility index (Phi) is 7.39. The van der Waals surface area contributed by atoms with Crippen molar-refractivity contribution in [2.45, 2.75) is 0 Å². The second-order valence-corrected chi connectivity index (χ2v) is 15.2. The van der Waals surface area contributed by atoms with Crippen molar-refractivity contribution in [1.29, 1.82) is 0 Å². The molecule has 0 aliphatic carbocycles. The molecule has 0 N–H and O–H groups in total. The molecule has 0 aliphatic heterocycles. The van der Waals surface area contributed by atoms with Crippen molar-refractivity contribution in [1.82, 2.24) is 0 Å². The van der Waals surface area contributed by atoms with Crippen molar-refractivity contribution in [3.05, 3.63) is 200 Å². The summed E-state index contributed by atoms with van der Waals surface area (Å²) in [7, 11) is 0. The van der Waals surface area contributed by atoms with E-state index in [1.807, 2.05) is 23.5 Å². The number of anilines is 3. The molecular weight excluding hydrogens is 687 g/mol. The first-order valence-corrected chi connectivity index (χ1v) is 19.5. The Hall–Kier alpha value is -6.94. The van der Waals surface area contributed by atoms with Crippen LogP contribution in [0.25, 0.3) is 86.3 Å². The number of para-hydroxylation sites is 3. The number of thiophene rings is 1. The summed E-state index contributed by atoms with van der Waals surface area (Å²) in [5, 5.41) is 7.32. The zero-order valence-corrected chi connectivity index (χ0v) is 30.6. The van der Waals surface area contributed by atoms with E-state index in [0.29, 0.717) is 0 Å². The number of furan rings is 1. The summed E-state index contributed by atoms with van der Waals surface area (Å²) in [5.74, 6) is 0. The molecule has 9 aromatic carbocycles. The topological polar surface area (TPSA) is 16.4 Å². The molecule has 0 spiro atoms. The van der Waals surface area contributed by atoms with E-state index in [4.69, 9.17) is 4.42 Å². The maximum absolute atomic E-state index is 6.52. The molecule has 2 heterocycles. The number of fused-ring (bicyclic) bond motifs is 7. The Bertz CT molecular complexity index is 3240. The zero-order chi connectivity index (χ0) is 36.3. The Morgan fingerprint density at radius 1 is 0.364 bits per heavy atom. The molecule has 2 aromatic heterocycles. The molecule has 11 rings (SSSR count). The van der Waals surface area contributed by atoms with E-state index in [-0.39, 0.29) is 0 Å². The van der Waals surface area contributed by atoms with E-state index in [2.05, 4.69) is 193 Å². The minimum atomic E-state index is 0.900. The van der Waals surface area contributed by atoms with Gasteiger partial charge in [0.25, 0.3) is 0 Å². The summed E-state index contributed by atoms with van der Waals surface area (Å²) in [4.78, 5) is 2.41. The first kappa shape index (κ1) is 31.6. The lowest BCUT2D eigenvalue weighted by Gasteiger charge is -2.29. The molecule has 0 radical (unpaired) electrons.